The average molecular weight is 230 g/mol. The smallest absolute Gasteiger partial charge is 0.0480 e. The zero-order chi connectivity index (χ0) is 12.4. The number of fused-ring (bicyclic) bond motifs is 1. The molecule has 0 saturated carbocycles. The zero-order valence-corrected chi connectivity index (χ0v) is 11.3. The molecule has 0 saturated heterocycles. The maximum Gasteiger partial charge on any atom is 0.0480 e. The van der Waals surface area contributed by atoms with E-state index in [-0.39, 0.29) is 0 Å². The summed E-state index contributed by atoms with van der Waals surface area (Å²) in [7, 11) is 4.31. The van der Waals surface area contributed by atoms with Crippen LogP contribution >= 0.6 is 0 Å². The maximum atomic E-state index is 2.36. The molecule has 0 aliphatic carbocycles. The van der Waals surface area contributed by atoms with Crippen LogP contribution in [0.25, 0.3) is 10.9 Å². The Bertz CT molecular complexity index is 497. The number of hydrogen-bond acceptors (Lipinski definition) is 1. The van der Waals surface area contributed by atoms with Crippen LogP contribution in [0.3, 0.4) is 0 Å². The van der Waals surface area contributed by atoms with Crippen LogP contribution < -0.4 is 0 Å². The van der Waals surface area contributed by atoms with Crippen molar-refractivity contribution in [3.63, 3.8) is 0 Å². The fourth-order valence-electron chi connectivity index (χ4n) is 2.36. The van der Waals surface area contributed by atoms with Crippen LogP contribution in [0.1, 0.15) is 18.9 Å². The van der Waals surface area contributed by atoms with E-state index in [4.69, 9.17) is 0 Å². The SMILES string of the molecule is CC[C@@H](Cn1ccc2cc(C)ccc21)N(C)C. The van der Waals surface area contributed by atoms with Crippen LogP contribution in [-0.2, 0) is 6.54 Å². The molecule has 2 aromatic rings. The van der Waals surface area contributed by atoms with Gasteiger partial charge in [0.2, 0.25) is 0 Å². The number of nitrogens with zero attached hydrogens (tertiary/aromatic N) is 2. The molecule has 0 aliphatic rings. The number of benzene rings is 1. The Morgan fingerprint density at radius 2 is 2.00 bits per heavy atom. The Hall–Kier alpha value is -1.28. The van der Waals surface area contributed by atoms with Gasteiger partial charge in [0, 0.05) is 24.3 Å². The van der Waals surface area contributed by atoms with Crippen molar-refractivity contribution in [2.24, 2.45) is 0 Å². The monoisotopic (exact) mass is 230 g/mol. The van der Waals surface area contributed by atoms with E-state index in [1.165, 1.54) is 22.9 Å². The maximum absolute atomic E-state index is 2.36. The summed E-state index contributed by atoms with van der Waals surface area (Å²) in [6, 6.07) is 9.49. The van der Waals surface area contributed by atoms with Crippen molar-refractivity contribution in [3.8, 4) is 0 Å². The molecule has 1 atom stereocenters. The Labute approximate surface area is 104 Å². The lowest BCUT2D eigenvalue weighted by atomic mass is 10.2. The molecule has 2 nitrogen and oxygen atoms in total. The summed E-state index contributed by atoms with van der Waals surface area (Å²) < 4.78 is 2.36. The van der Waals surface area contributed by atoms with E-state index in [1.807, 2.05) is 0 Å². The van der Waals surface area contributed by atoms with E-state index < -0.39 is 0 Å². The third-order valence-corrected chi connectivity index (χ3v) is 3.54. The first-order valence-electron chi connectivity index (χ1n) is 6.33. The van der Waals surface area contributed by atoms with E-state index in [0.29, 0.717) is 6.04 Å². The highest BCUT2D eigenvalue weighted by Gasteiger charge is 2.10. The summed E-state index contributed by atoms with van der Waals surface area (Å²) in [5, 5.41) is 1.35. The summed E-state index contributed by atoms with van der Waals surface area (Å²) in [6.07, 6.45) is 3.38. The minimum atomic E-state index is 0.604. The number of aromatic nitrogens is 1. The van der Waals surface area contributed by atoms with Gasteiger partial charge in [-0.2, -0.15) is 0 Å². The standard InChI is InChI=1S/C15H22N2/c1-5-14(16(3)4)11-17-9-8-13-10-12(2)6-7-15(13)17/h6-10,14H,5,11H2,1-4H3/t14-/m0/s1. The molecule has 0 spiro atoms. The summed E-state index contributed by atoms with van der Waals surface area (Å²) in [4.78, 5) is 2.31. The third-order valence-electron chi connectivity index (χ3n) is 3.54. The van der Waals surface area contributed by atoms with E-state index in [0.717, 1.165) is 6.54 Å². The highest BCUT2D eigenvalue weighted by atomic mass is 15.1. The minimum absolute atomic E-state index is 0.604. The first kappa shape index (κ1) is 12.2. The first-order valence-corrected chi connectivity index (χ1v) is 6.33. The molecule has 0 unspecified atom stereocenters. The van der Waals surface area contributed by atoms with Gasteiger partial charge in [-0.05, 0) is 51.0 Å². The van der Waals surface area contributed by atoms with Crippen molar-refractivity contribution < 1.29 is 0 Å². The summed E-state index contributed by atoms with van der Waals surface area (Å²) in [5.74, 6) is 0. The van der Waals surface area contributed by atoms with Gasteiger partial charge >= 0.3 is 0 Å². The minimum Gasteiger partial charge on any atom is -0.346 e. The molecule has 1 aromatic carbocycles. The lowest BCUT2D eigenvalue weighted by molar-refractivity contribution is 0.259. The van der Waals surface area contributed by atoms with Crippen LogP contribution in [0, 0.1) is 6.92 Å². The van der Waals surface area contributed by atoms with Gasteiger partial charge in [0.1, 0.15) is 0 Å². The van der Waals surface area contributed by atoms with E-state index in [1.54, 1.807) is 0 Å². The summed E-state index contributed by atoms with van der Waals surface area (Å²) in [5.41, 5.74) is 2.67. The third kappa shape index (κ3) is 2.52. The van der Waals surface area contributed by atoms with Crippen molar-refractivity contribution in [1.82, 2.24) is 9.47 Å². The number of hydrogen-bond donors (Lipinski definition) is 0. The van der Waals surface area contributed by atoms with E-state index >= 15 is 0 Å². The van der Waals surface area contributed by atoms with Gasteiger partial charge in [-0.1, -0.05) is 18.6 Å². The molecular formula is C15H22N2. The predicted molar refractivity (Wildman–Crippen MR) is 74.4 cm³/mol. The second-order valence-electron chi connectivity index (χ2n) is 5.06. The summed E-state index contributed by atoms with van der Waals surface area (Å²) >= 11 is 0. The molecular weight excluding hydrogens is 208 g/mol. The fraction of sp³-hybridized carbons (Fsp3) is 0.467. The van der Waals surface area contributed by atoms with Crippen molar-refractivity contribution in [2.45, 2.75) is 32.9 Å². The van der Waals surface area contributed by atoms with E-state index in [9.17, 15) is 0 Å². The van der Waals surface area contributed by atoms with Gasteiger partial charge in [-0.25, -0.2) is 0 Å². The molecule has 0 fully saturated rings. The molecule has 0 N–H and O–H groups in total. The predicted octanol–water partition coefficient (Wildman–Crippen LogP) is 3.29. The Balaban J connectivity index is 2.30. The largest absolute Gasteiger partial charge is 0.346 e. The number of likely N-dealkylation sites (N-methyl/N-ethyl adjacent to an activating group) is 1. The van der Waals surface area contributed by atoms with Crippen LogP contribution in [0.4, 0.5) is 0 Å². The normalized spacial score (nSPS) is 13.5. The van der Waals surface area contributed by atoms with Gasteiger partial charge in [0.05, 0.1) is 0 Å². The van der Waals surface area contributed by atoms with Crippen LogP contribution in [0.15, 0.2) is 30.5 Å². The Morgan fingerprint density at radius 3 is 2.65 bits per heavy atom. The molecule has 0 amide bonds. The molecule has 17 heavy (non-hydrogen) atoms. The van der Waals surface area contributed by atoms with Gasteiger partial charge in [-0.15, -0.1) is 0 Å². The molecule has 0 radical (unpaired) electrons. The summed E-state index contributed by atoms with van der Waals surface area (Å²) in [6.45, 7) is 5.46. The average Bonchev–Trinajstić information content (AvgIpc) is 2.67. The molecule has 92 valence electrons. The van der Waals surface area contributed by atoms with Crippen molar-refractivity contribution >= 4 is 10.9 Å². The highest BCUT2D eigenvalue weighted by Crippen LogP contribution is 2.18. The van der Waals surface area contributed by atoms with Gasteiger partial charge in [0.25, 0.3) is 0 Å². The zero-order valence-electron chi connectivity index (χ0n) is 11.3. The van der Waals surface area contributed by atoms with Crippen LogP contribution in [0.5, 0.6) is 0 Å². The first-order chi connectivity index (χ1) is 8.11. The van der Waals surface area contributed by atoms with E-state index in [2.05, 4.69) is 67.9 Å². The second-order valence-corrected chi connectivity index (χ2v) is 5.06. The molecule has 2 rings (SSSR count). The van der Waals surface area contributed by atoms with Gasteiger partial charge in [0.15, 0.2) is 0 Å². The molecule has 0 aliphatic heterocycles. The van der Waals surface area contributed by atoms with Crippen molar-refractivity contribution in [2.75, 3.05) is 14.1 Å². The molecule has 0 bridgehead atoms. The molecule has 1 aromatic heterocycles. The molecule has 2 heteroatoms. The quantitative estimate of drug-likeness (QED) is 0.782. The number of rotatable bonds is 4. The lowest BCUT2D eigenvalue weighted by Gasteiger charge is -2.23. The van der Waals surface area contributed by atoms with Crippen molar-refractivity contribution in [3.05, 3.63) is 36.0 Å². The van der Waals surface area contributed by atoms with Crippen LogP contribution in [-0.4, -0.2) is 29.6 Å². The fourth-order valence-corrected chi connectivity index (χ4v) is 2.36. The van der Waals surface area contributed by atoms with Crippen molar-refractivity contribution in [1.29, 1.82) is 0 Å². The number of aryl methyl sites for hydroxylation is 1. The van der Waals surface area contributed by atoms with Crippen LogP contribution in [0.2, 0.25) is 0 Å². The Kier molecular flexibility index (Phi) is 3.53. The second kappa shape index (κ2) is 4.92. The van der Waals surface area contributed by atoms with Gasteiger partial charge in [-0.3, -0.25) is 0 Å². The lowest BCUT2D eigenvalue weighted by Crippen LogP contribution is -2.31. The highest BCUT2D eigenvalue weighted by molar-refractivity contribution is 5.80. The Morgan fingerprint density at radius 1 is 1.24 bits per heavy atom. The topological polar surface area (TPSA) is 8.17 Å². The van der Waals surface area contributed by atoms with Gasteiger partial charge < -0.3 is 9.47 Å². The molecule has 1 heterocycles.